The van der Waals surface area contributed by atoms with E-state index in [-0.39, 0.29) is 6.17 Å². The lowest BCUT2D eigenvalue weighted by Crippen LogP contribution is -2.31. The van der Waals surface area contributed by atoms with Gasteiger partial charge in [0.05, 0.1) is 6.17 Å². The predicted octanol–water partition coefficient (Wildman–Crippen LogP) is 0.380. The molecule has 0 saturated carbocycles. The lowest BCUT2D eigenvalue weighted by Gasteiger charge is -2.07. The zero-order valence-corrected chi connectivity index (χ0v) is 10.1. The molecule has 15 heavy (non-hydrogen) atoms. The number of hydrogen-bond donors (Lipinski definition) is 4. The van der Waals surface area contributed by atoms with Gasteiger partial charge in [-0.1, -0.05) is 13.3 Å². The van der Waals surface area contributed by atoms with Crippen molar-refractivity contribution in [1.82, 2.24) is 10.6 Å². The van der Waals surface area contributed by atoms with Gasteiger partial charge < -0.3 is 22.1 Å². The smallest absolute Gasteiger partial charge is 0.0521 e. The molecule has 92 valence electrons. The number of rotatable bonds is 11. The molecule has 0 heterocycles. The normalized spacial score (nSPS) is 11.2. The monoisotopic (exact) mass is 216 g/mol. The van der Waals surface area contributed by atoms with Gasteiger partial charge in [0.1, 0.15) is 0 Å². The summed E-state index contributed by atoms with van der Waals surface area (Å²) in [6, 6.07) is 0. The molecule has 0 rings (SSSR count). The molecule has 0 spiro atoms. The van der Waals surface area contributed by atoms with E-state index >= 15 is 0 Å². The highest BCUT2D eigenvalue weighted by Crippen LogP contribution is 1.87. The van der Waals surface area contributed by atoms with E-state index < -0.39 is 0 Å². The molecule has 0 saturated heterocycles. The van der Waals surface area contributed by atoms with Crippen molar-refractivity contribution in [3.05, 3.63) is 0 Å². The first-order valence-electron chi connectivity index (χ1n) is 6.20. The second-order valence-corrected chi connectivity index (χ2v) is 4.01. The second kappa shape index (κ2) is 11.9. The van der Waals surface area contributed by atoms with Crippen LogP contribution in [0.1, 0.15) is 39.0 Å². The average Bonchev–Trinajstić information content (AvgIpc) is 2.20. The van der Waals surface area contributed by atoms with Crippen LogP contribution in [0.5, 0.6) is 0 Å². The topological polar surface area (TPSA) is 76.1 Å². The molecule has 0 aromatic carbocycles. The summed E-state index contributed by atoms with van der Waals surface area (Å²) in [5.74, 6) is 0. The van der Waals surface area contributed by atoms with Crippen LogP contribution in [-0.4, -0.2) is 32.3 Å². The molecular formula is C11H28N4. The first kappa shape index (κ1) is 14.8. The zero-order chi connectivity index (χ0) is 11.4. The summed E-state index contributed by atoms with van der Waals surface area (Å²) in [5.41, 5.74) is 10.9. The van der Waals surface area contributed by atoms with E-state index in [4.69, 9.17) is 11.5 Å². The standard InChI is InChI=1S/C11H28N4/c1-2-3-7-14-9-5-10-15-8-4-6-11(12)13/h11,14-15H,2-10,12-13H2,1H3. The second-order valence-electron chi connectivity index (χ2n) is 4.01. The van der Waals surface area contributed by atoms with Gasteiger partial charge >= 0.3 is 0 Å². The van der Waals surface area contributed by atoms with Gasteiger partial charge in [0.2, 0.25) is 0 Å². The van der Waals surface area contributed by atoms with Crippen LogP contribution in [0.2, 0.25) is 0 Å². The summed E-state index contributed by atoms with van der Waals surface area (Å²) in [4.78, 5) is 0. The van der Waals surface area contributed by atoms with Crippen LogP contribution in [-0.2, 0) is 0 Å². The predicted molar refractivity (Wildman–Crippen MR) is 66.7 cm³/mol. The third-order valence-corrected chi connectivity index (χ3v) is 2.31. The Morgan fingerprint density at radius 2 is 1.40 bits per heavy atom. The van der Waals surface area contributed by atoms with E-state index in [0.717, 1.165) is 39.0 Å². The molecule has 0 aromatic heterocycles. The Labute approximate surface area is 94.2 Å². The summed E-state index contributed by atoms with van der Waals surface area (Å²) in [5, 5.41) is 6.80. The molecule has 0 bridgehead atoms. The maximum absolute atomic E-state index is 5.44. The van der Waals surface area contributed by atoms with Crippen LogP contribution in [0.15, 0.2) is 0 Å². The van der Waals surface area contributed by atoms with Crippen molar-refractivity contribution in [2.75, 3.05) is 26.2 Å². The highest BCUT2D eigenvalue weighted by Gasteiger charge is 1.93. The molecule has 6 N–H and O–H groups in total. The largest absolute Gasteiger partial charge is 0.317 e. The third kappa shape index (κ3) is 13.8. The van der Waals surface area contributed by atoms with Gasteiger partial charge in [-0.2, -0.15) is 0 Å². The maximum Gasteiger partial charge on any atom is 0.0521 e. The summed E-state index contributed by atoms with van der Waals surface area (Å²) < 4.78 is 0. The van der Waals surface area contributed by atoms with Crippen molar-refractivity contribution in [2.45, 2.75) is 45.2 Å². The molecule has 0 atom stereocenters. The van der Waals surface area contributed by atoms with Gasteiger partial charge in [0.15, 0.2) is 0 Å². The fourth-order valence-corrected chi connectivity index (χ4v) is 1.35. The van der Waals surface area contributed by atoms with Gasteiger partial charge in [0, 0.05) is 0 Å². The van der Waals surface area contributed by atoms with Crippen LogP contribution < -0.4 is 22.1 Å². The molecule has 0 radical (unpaired) electrons. The van der Waals surface area contributed by atoms with Crippen molar-refractivity contribution < 1.29 is 0 Å². The number of hydrogen-bond acceptors (Lipinski definition) is 4. The van der Waals surface area contributed by atoms with Gasteiger partial charge in [-0.3, -0.25) is 0 Å². The fraction of sp³-hybridized carbons (Fsp3) is 1.00. The minimum atomic E-state index is -0.150. The highest BCUT2D eigenvalue weighted by molar-refractivity contribution is 4.55. The van der Waals surface area contributed by atoms with Crippen molar-refractivity contribution in [2.24, 2.45) is 11.5 Å². The Morgan fingerprint density at radius 3 is 1.93 bits per heavy atom. The molecular weight excluding hydrogens is 188 g/mol. The van der Waals surface area contributed by atoms with Crippen LogP contribution in [0.4, 0.5) is 0 Å². The minimum absolute atomic E-state index is 0.150. The van der Waals surface area contributed by atoms with Crippen LogP contribution >= 0.6 is 0 Å². The van der Waals surface area contributed by atoms with Crippen LogP contribution in [0, 0.1) is 0 Å². The summed E-state index contributed by atoms with van der Waals surface area (Å²) >= 11 is 0. The van der Waals surface area contributed by atoms with E-state index in [9.17, 15) is 0 Å². The SMILES string of the molecule is CCCCNCCCNCCCC(N)N. The maximum atomic E-state index is 5.44. The molecule has 0 unspecified atom stereocenters. The molecule has 0 aliphatic rings. The first-order valence-corrected chi connectivity index (χ1v) is 6.20. The average molecular weight is 216 g/mol. The molecule has 0 amide bonds. The van der Waals surface area contributed by atoms with Crippen molar-refractivity contribution in [3.8, 4) is 0 Å². The van der Waals surface area contributed by atoms with E-state index in [1.165, 1.54) is 19.3 Å². The fourth-order valence-electron chi connectivity index (χ4n) is 1.35. The van der Waals surface area contributed by atoms with E-state index in [1.54, 1.807) is 0 Å². The zero-order valence-electron chi connectivity index (χ0n) is 10.1. The minimum Gasteiger partial charge on any atom is -0.317 e. The Kier molecular flexibility index (Phi) is 11.8. The molecule has 0 aliphatic carbocycles. The lowest BCUT2D eigenvalue weighted by atomic mass is 10.2. The molecule has 0 aliphatic heterocycles. The Morgan fingerprint density at radius 1 is 0.867 bits per heavy atom. The quantitative estimate of drug-likeness (QED) is 0.297. The molecule has 4 nitrogen and oxygen atoms in total. The van der Waals surface area contributed by atoms with Crippen LogP contribution in [0.3, 0.4) is 0 Å². The third-order valence-electron chi connectivity index (χ3n) is 2.31. The number of nitrogens with two attached hydrogens (primary N) is 2. The number of unbranched alkanes of at least 4 members (excludes halogenated alkanes) is 1. The van der Waals surface area contributed by atoms with Crippen molar-refractivity contribution in [3.63, 3.8) is 0 Å². The molecule has 0 fully saturated rings. The van der Waals surface area contributed by atoms with Crippen molar-refractivity contribution >= 4 is 0 Å². The summed E-state index contributed by atoms with van der Waals surface area (Å²) in [7, 11) is 0. The summed E-state index contributed by atoms with van der Waals surface area (Å²) in [6.45, 7) is 6.59. The van der Waals surface area contributed by atoms with Gasteiger partial charge in [-0.25, -0.2) is 0 Å². The Bertz CT molecular complexity index is 117. The molecule has 0 aromatic rings. The number of nitrogens with one attached hydrogen (secondary N) is 2. The van der Waals surface area contributed by atoms with Gasteiger partial charge in [-0.15, -0.1) is 0 Å². The first-order chi connectivity index (χ1) is 7.27. The van der Waals surface area contributed by atoms with E-state index in [2.05, 4.69) is 17.6 Å². The Balaban J connectivity index is 2.87. The van der Waals surface area contributed by atoms with E-state index in [0.29, 0.717) is 0 Å². The van der Waals surface area contributed by atoms with Gasteiger partial charge in [0.25, 0.3) is 0 Å². The van der Waals surface area contributed by atoms with Crippen molar-refractivity contribution in [1.29, 1.82) is 0 Å². The summed E-state index contributed by atoms with van der Waals surface area (Å²) in [6.07, 6.45) is 5.57. The Hall–Kier alpha value is -0.160. The van der Waals surface area contributed by atoms with Crippen LogP contribution in [0.25, 0.3) is 0 Å². The molecule has 4 heteroatoms. The van der Waals surface area contributed by atoms with E-state index in [1.807, 2.05) is 0 Å². The lowest BCUT2D eigenvalue weighted by molar-refractivity contribution is 0.541. The van der Waals surface area contributed by atoms with Gasteiger partial charge in [-0.05, 0) is 51.9 Å². The highest BCUT2D eigenvalue weighted by atomic mass is 14.9.